The van der Waals surface area contributed by atoms with Gasteiger partial charge in [0.05, 0.1) is 20.6 Å². The maximum Gasteiger partial charge on any atom is 0.333 e. The van der Waals surface area contributed by atoms with Gasteiger partial charge < -0.3 is 0 Å². The summed E-state index contributed by atoms with van der Waals surface area (Å²) in [6.45, 7) is 7.47. The summed E-state index contributed by atoms with van der Waals surface area (Å²) in [7, 11) is 4.21. The molecule has 0 aliphatic rings. The quantitative estimate of drug-likeness (QED) is 0.768. The molecule has 2 aromatic heterocycles. The fourth-order valence-corrected chi connectivity index (χ4v) is 2.41. The molecule has 2 rings (SSSR count). The number of aromatic amines is 1. The summed E-state index contributed by atoms with van der Waals surface area (Å²) in [4.78, 5) is 3.50. The normalized spacial score (nSPS) is 11.1. The lowest BCUT2D eigenvalue weighted by Gasteiger charge is -1.97. The predicted octanol–water partition coefficient (Wildman–Crippen LogP) is 1.02. The molecule has 0 aliphatic heterocycles. The number of imidazole rings is 2. The summed E-state index contributed by atoms with van der Waals surface area (Å²) in [5.41, 5.74) is 2.59. The first-order chi connectivity index (χ1) is 8.10. The van der Waals surface area contributed by atoms with Crippen LogP contribution < -0.4 is 9.13 Å². The molecule has 0 unspecified atom stereocenters. The standard InChI is InChI=1S/C13H21N4/c1-6-11-12(14-10(3)16(11)5)13-15(4)8-9-17(13)7-2/h8-9H,6-7H2,1-5H3/q+1/p+1. The van der Waals surface area contributed by atoms with Crippen LogP contribution in [0.3, 0.4) is 0 Å². The van der Waals surface area contributed by atoms with Crippen molar-refractivity contribution in [2.45, 2.75) is 33.7 Å². The summed E-state index contributed by atoms with van der Waals surface area (Å²) in [6.07, 6.45) is 5.27. The molecule has 0 radical (unpaired) electrons. The molecule has 1 N–H and O–H groups in total. The average Bonchev–Trinajstić information content (AvgIpc) is 2.81. The third-order valence-corrected chi connectivity index (χ3v) is 3.48. The van der Waals surface area contributed by atoms with Crippen LogP contribution in [0.15, 0.2) is 12.4 Å². The molecule has 2 aromatic rings. The SMILES string of the molecule is CCc1c(-c2n(CC)cc[n+]2C)[nH]c(C)[n+]1C. The Hall–Kier alpha value is -1.58. The van der Waals surface area contributed by atoms with Crippen molar-refractivity contribution in [1.29, 1.82) is 0 Å². The van der Waals surface area contributed by atoms with Crippen molar-refractivity contribution >= 4 is 0 Å². The molecule has 0 bridgehead atoms. The van der Waals surface area contributed by atoms with Crippen LogP contribution in [0.1, 0.15) is 25.4 Å². The summed E-state index contributed by atoms with van der Waals surface area (Å²) in [5, 5.41) is 0. The molecule has 0 saturated carbocycles. The molecule has 4 heteroatoms. The molecule has 92 valence electrons. The molecule has 2 heterocycles. The van der Waals surface area contributed by atoms with Crippen molar-refractivity contribution < 1.29 is 9.13 Å². The van der Waals surface area contributed by atoms with Gasteiger partial charge in [-0.05, 0) is 6.92 Å². The van der Waals surface area contributed by atoms with Crippen LogP contribution in [-0.2, 0) is 27.1 Å². The lowest BCUT2D eigenvalue weighted by atomic mass is 10.2. The van der Waals surface area contributed by atoms with Gasteiger partial charge in [-0.1, -0.05) is 6.92 Å². The van der Waals surface area contributed by atoms with Crippen molar-refractivity contribution in [3.8, 4) is 11.5 Å². The van der Waals surface area contributed by atoms with Gasteiger partial charge in [-0.25, -0.2) is 18.7 Å². The molecular formula is C13H22N4+2. The fraction of sp³-hybridized carbons (Fsp3) is 0.538. The molecule has 0 spiro atoms. The van der Waals surface area contributed by atoms with E-state index in [1.807, 2.05) is 0 Å². The lowest BCUT2D eigenvalue weighted by molar-refractivity contribution is -0.684. The van der Waals surface area contributed by atoms with E-state index in [-0.39, 0.29) is 0 Å². The van der Waals surface area contributed by atoms with Gasteiger partial charge in [-0.15, -0.1) is 0 Å². The second-order valence-electron chi connectivity index (χ2n) is 4.46. The van der Waals surface area contributed by atoms with Crippen molar-refractivity contribution in [2.24, 2.45) is 14.1 Å². The minimum atomic E-state index is 0.987. The van der Waals surface area contributed by atoms with E-state index in [0.717, 1.165) is 13.0 Å². The zero-order chi connectivity index (χ0) is 12.6. The summed E-state index contributed by atoms with van der Waals surface area (Å²) >= 11 is 0. The van der Waals surface area contributed by atoms with E-state index in [9.17, 15) is 0 Å². The molecule has 0 aliphatic carbocycles. The molecule has 17 heavy (non-hydrogen) atoms. The highest BCUT2D eigenvalue weighted by molar-refractivity contribution is 5.49. The Bertz CT molecular complexity index is 534. The van der Waals surface area contributed by atoms with E-state index in [2.05, 4.69) is 65.9 Å². The van der Waals surface area contributed by atoms with Crippen LogP contribution >= 0.6 is 0 Å². The number of rotatable bonds is 3. The third-order valence-electron chi connectivity index (χ3n) is 3.48. The molecule has 0 fully saturated rings. The minimum Gasteiger partial charge on any atom is -0.234 e. The van der Waals surface area contributed by atoms with E-state index in [1.54, 1.807) is 0 Å². The zero-order valence-electron chi connectivity index (χ0n) is 11.4. The lowest BCUT2D eigenvalue weighted by Crippen LogP contribution is -2.35. The van der Waals surface area contributed by atoms with Crippen LogP contribution in [-0.4, -0.2) is 9.55 Å². The largest absolute Gasteiger partial charge is 0.333 e. The fourth-order valence-electron chi connectivity index (χ4n) is 2.41. The molecule has 4 nitrogen and oxygen atoms in total. The maximum absolute atomic E-state index is 3.50. The number of aromatic nitrogens is 4. The number of H-pyrrole nitrogens is 1. The van der Waals surface area contributed by atoms with Gasteiger partial charge in [-0.3, -0.25) is 0 Å². The Morgan fingerprint density at radius 1 is 1.29 bits per heavy atom. The zero-order valence-corrected chi connectivity index (χ0v) is 11.4. The number of nitrogens with one attached hydrogen (secondary N) is 1. The highest BCUT2D eigenvalue weighted by Gasteiger charge is 2.28. The van der Waals surface area contributed by atoms with Crippen molar-refractivity contribution in [3.05, 3.63) is 23.9 Å². The molecule has 0 atom stereocenters. The highest BCUT2D eigenvalue weighted by Crippen LogP contribution is 2.17. The van der Waals surface area contributed by atoms with Crippen molar-refractivity contribution in [3.63, 3.8) is 0 Å². The first kappa shape index (κ1) is 11.9. The van der Waals surface area contributed by atoms with Gasteiger partial charge in [0.1, 0.15) is 12.4 Å². The van der Waals surface area contributed by atoms with Crippen LogP contribution in [0.5, 0.6) is 0 Å². The third kappa shape index (κ3) is 1.77. The number of aryl methyl sites for hydroxylation is 3. The second kappa shape index (κ2) is 4.35. The van der Waals surface area contributed by atoms with Gasteiger partial charge in [0.25, 0.3) is 11.5 Å². The molecule has 0 amide bonds. The van der Waals surface area contributed by atoms with Crippen LogP contribution in [0.2, 0.25) is 0 Å². The van der Waals surface area contributed by atoms with E-state index in [1.165, 1.54) is 23.0 Å². The number of nitrogens with zero attached hydrogens (tertiary/aromatic N) is 3. The smallest absolute Gasteiger partial charge is 0.234 e. The molecule has 0 aromatic carbocycles. The Morgan fingerprint density at radius 3 is 2.59 bits per heavy atom. The van der Waals surface area contributed by atoms with Gasteiger partial charge >= 0.3 is 5.82 Å². The second-order valence-corrected chi connectivity index (χ2v) is 4.46. The van der Waals surface area contributed by atoms with Crippen molar-refractivity contribution in [2.75, 3.05) is 0 Å². The molecular weight excluding hydrogens is 212 g/mol. The summed E-state index contributed by atoms with van der Waals surface area (Å²) in [6, 6.07) is 0. The van der Waals surface area contributed by atoms with Gasteiger partial charge in [0.15, 0.2) is 5.69 Å². The van der Waals surface area contributed by atoms with Gasteiger partial charge in [0.2, 0.25) is 0 Å². The van der Waals surface area contributed by atoms with Gasteiger partial charge in [-0.2, -0.15) is 0 Å². The number of hydrogen-bond acceptors (Lipinski definition) is 0. The van der Waals surface area contributed by atoms with Crippen molar-refractivity contribution in [1.82, 2.24) is 9.55 Å². The Balaban J connectivity index is 2.67. The molecule has 0 saturated heterocycles. The minimum absolute atomic E-state index is 0.987. The Kier molecular flexibility index (Phi) is 3.05. The Labute approximate surface area is 103 Å². The number of hydrogen-bond donors (Lipinski definition) is 1. The predicted molar refractivity (Wildman–Crippen MR) is 66.4 cm³/mol. The topological polar surface area (TPSA) is 28.5 Å². The van der Waals surface area contributed by atoms with E-state index >= 15 is 0 Å². The van der Waals surface area contributed by atoms with Crippen LogP contribution in [0.25, 0.3) is 11.5 Å². The van der Waals surface area contributed by atoms with E-state index in [4.69, 9.17) is 0 Å². The summed E-state index contributed by atoms with van der Waals surface area (Å²) < 4.78 is 6.68. The van der Waals surface area contributed by atoms with Gasteiger partial charge in [0, 0.05) is 13.3 Å². The van der Waals surface area contributed by atoms with E-state index in [0.29, 0.717) is 0 Å². The first-order valence-electron chi connectivity index (χ1n) is 6.22. The van der Waals surface area contributed by atoms with E-state index < -0.39 is 0 Å². The average molecular weight is 234 g/mol. The summed E-state index contributed by atoms with van der Waals surface area (Å²) in [5.74, 6) is 2.44. The maximum atomic E-state index is 3.50. The highest BCUT2D eigenvalue weighted by atomic mass is 15.2. The Morgan fingerprint density at radius 2 is 2.00 bits per heavy atom. The first-order valence-corrected chi connectivity index (χ1v) is 6.22. The monoisotopic (exact) mass is 234 g/mol. The van der Waals surface area contributed by atoms with Crippen LogP contribution in [0.4, 0.5) is 0 Å². The van der Waals surface area contributed by atoms with Crippen LogP contribution in [0, 0.1) is 6.92 Å².